The Morgan fingerprint density at radius 1 is 1.25 bits per heavy atom. The number of Topliss-reactive ketones (excluding diaryl/α,β-unsaturated/α-hetero) is 1. The predicted molar refractivity (Wildman–Crippen MR) is 86.0 cm³/mol. The molecule has 24 heavy (non-hydrogen) atoms. The van der Waals surface area contributed by atoms with Crippen LogP contribution >= 0.6 is 11.3 Å². The highest BCUT2D eigenvalue weighted by atomic mass is 32.1. The lowest BCUT2D eigenvalue weighted by Crippen LogP contribution is -2.45. The van der Waals surface area contributed by atoms with Crippen LogP contribution in [0.4, 0.5) is 0 Å². The predicted octanol–water partition coefficient (Wildman–Crippen LogP) is -1.58. The second-order valence-electron chi connectivity index (χ2n) is 4.85. The number of carbonyl (C=O) groups excluding carboxylic acids is 5. The van der Waals surface area contributed by atoms with E-state index >= 15 is 0 Å². The summed E-state index contributed by atoms with van der Waals surface area (Å²) in [6.07, 6.45) is 0.288. The Morgan fingerprint density at radius 2 is 1.96 bits per heavy atom. The fourth-order valence-corrected chi connectivity index (χ4v) is 2.42. The van der Waals surface area contributed by atoms with Gasteiger partial charge in [0.05, 0.1) is 13.1 Å². The average molecular weight is 354 g/mol. The normalized spacial score (nSPS) is 11.1. The number of nitrogens with one attached hydrogen (secondary N) is 3. The monoisotopic (exact) mass is 354 g/mol. The van der Waals surface area contributed by atoms with Gasteiger partial charge in [-0.15, -0.1) is 11.3 Å². The first kappa shape index (κ1) is 19.3. The van der Waals surface area contributed by atoms with Gasteiger partial charge in [-0.05, 0) is 11.4 Å². The Morgan fingerprint density at radius 3 is 2.50 bits per heavy atom. The second kappa shape index (κ2) is 9.40. The number of hydrogen-bond donors (Lipinski definition) is 3. The summed E-state index contributed by atoms with van der Waals surface area (Å²) in [7, 11) is 3.13. The van der Waals surface area contributed by atoms with Crippen molar-refractivity contribution < 1.29 is 24.0 Å². The van der Waals surface area contributed by atoms with Crippen LogP contribution in [0.15, 0.2) is 17.5 Å². The largest absolute Gasteiger partial charge is 0.351 e. The number of hydrogen-bond acceptors (Lipinski definition) is 6. The summed E-state index contributed by atoms with van der Waals surface area (Å²) in [5, 5.41) is 8.48. The first-order chi connectivity index (χ1) is 11.4. The van der Waals surface area contributed by atoms with Gasteiger partial charge in [-0.1, -0.05) is 6.07 Å². The first-order valence-electron chi connectivity index (χ1n) is 6.88. The maximum absolute atomic E-state index is 12.2. The summed E-state index contributed by atoms with van der Waals surface area (Å²) in [5.41, 5.74) is 0. The van der Waals surface area contributed by atoms with Gasteiger partial charge in [-0.25, -0.2) is 0 Å². The zero-order chi connectivity index (χ0) is 18.1. The van der Waals surface area contributed by atoms with Crippen molar-refractivity contribution in [2.45, 2.75) is 6.04 Å². The molecule has 1 rings (SSSR count). The van der Waals surface area contributed by atoms with Crippen LogP contribution in [0.1, 0.15) is 10.9 Å². The number of carbonyl (C=O) groups is 5. The molecule has 9 nitrogen and oxygen atoms in total. The Kier molecular flexibility index (Phi) is 7.56. The minimum atomic E-state index is -0.994. The second-order valence-corrected chi connectivity index (χ2v) is 5.83. The van der Waals surface area contributed by atoms with Crippen molar-refractivity contribution >= 4 is 41.3 Å². The van der Waals surface area contributed by atoms with Crippen molar-refractivity contribution in [3.05, 3.63) is 22.4 Å². The first-order valence-corrected chi connectivity index (χ1v) is 7.76. The summed E-state index contributed by atoms with van der Waals surface area (Å²) in [5.74, 6) is -2.81. The smallest absolute Gasteiger partial charge is 0.289 e. The summed E-state index contributed by atoms with van der Waals surface area (Å²) >= 11 is 1.31. The molecule has 0 unspecified atom stereocenters. The number of likely N-dealkylation sites (N-methyl/N-ethyl adjacent to an activating group) is 1. The molecule has 1 heterocycles. The summed E-state index contributed by atoms with van der Waals surface area (Å²) in [4.78, 5) is 58.9. The van der Waals surface area contributed by atoms with E-state index in [1.54, 1.807) is 31.6 Å². The highest BCUT2D eigenvalue weighted by molar-refractivity contribution is 7.10. The molecule has 0 radical (unpaired) electrons. The van der Waals surface area contributed by atoms with E-state index in [9.17, 15) is 24.0 Å². The van der Waals surface area contributed by atoms with E-state index in [-0.39, 0.29) is 12.3 Å². The molecule has 0 aromatic carbocycles. The fourth-order valence-electron chi connectivity index (χ4n) is 1.65. The molecule has 4 amide bonds. The van der Waals surface area contributed by atoms with E-state index in [0.717, 1.165) is 0 Å². The van der Waals surface area contributed by atoms with Gasteiger partial charge in [-0.3, -0.25) is 24.0 Å². The van der Waals surface area contributed by atoms with Gasteiger partial charge in [0.1, 0.15) is 6.04 Å². The molecule has 130 valence electrons. The third-order valence-corrected chi connectivity index (χ3v) is 3.77. The summed E-state index contributed by atoms with van der Waals surface area (Å²) < 4.78 is 0. The van der Waals surface area contributed by atoms with Crippen molar-refractivity contribution in [3.63, 3.8) is 0 Å². The minimum absolute atomic E-state index is 0.288. The highest BCUT2D eigenvalue weighted by Crippen LogP contribution is 2.20. The number of amides is 4. The van der Waals surface area contributed by atoms with Crippen molar-refractivity contribution in [2.24, 2.45) is 0 Å². The van der Waals surface area contributed by atoms with Gasteiger partial charge in [0.25, 0.3) is 5.91 Å². The SMILES string of the molecule is CN(C)C(=O)[C@@H](NC(=O)CNC(=O)C(=O)CNC=O)c1cccs1. The van der Waals surface area contributed by atoms with Crippen molar-refractivity contribution in [1.82, 2.24) is 20.9 Å². The highest BCUT2D eigenvalue weighted by Gasteiger charge is 2.25. The number of ketones is 1. The molecule has 1 aromatic heterocycles. The zero-order valence-electron chi connectivity index (χ0n) is 13.2. The number of nitrogens with zero attached hydrogens (tertiary/aromatic N) is 1. The Bertz CT molecular complexity index is 615. The molecule has 1 aromatic rings. The van der Waals surface area contributed by atoms with Crippen LogP contribution in [0.2, 0.25) is 0 Å². The van der Waals surface area contributed by atoms with Crippen LogP contribution in [-0.2, 0) is 24.0 Å². The molecule has 0 aliphatic heterocycles. The van der Waals surface area contributed by atoms with E-state index in [1.807, 2.05) is 0 Å². The molecule has 0 spiro atoms. The lowest BCUT2D eigenvalue weighted by Gasteiger charge is -2.20. The number of rotatable bonds is 9. The third kappa shape index (κ3) is 5.80. The Labute approximate surface area is 142 Å². The van der Waals surface area contributed by atoms with Crippen molar-refractivity contribution in [2.75, 3.05) is 27.2 Å². The van der Waals surface area contributed by atoms with Crippen LogP contribution < -0.4 is 16.0 Å². The van der Waals surface area contributed by atoms with Crippen molar-refractivity contribution in [3.8, 4) is 0 Å². The molecule has 0 bridgehead atoms. The lowest BCUT2D eigenvalue weighted by atomic mass is 10.2. The maximum atomic E-state index is 12.2. The maximum Gasteiger partial charge on any atom is 0.289 e. The average Bonchev–Trinajstić information content (AvgIpc) is 3.08. The van der Waals surface area contributed by atoms with Gasteiger partial charge in [0.15, 0.2) is 0 Å². The Balaban J connectivity index is 2.60. The molecule has 0 saturated heterocycles. The molecule has 3 N–H and O–H groups in total. The molecule has 0 fully saturated rings. The summed E-state index contributed by atoms with van der Waals surface area (Å²) in [6, 6.07) is 2.60. The summed E-state index contributed by atoms with van der Waals surface area (Å²) in [6.45, 7) is -0.915. The Hall–Kier alpha value is -2.75. The van der Waals surface area contributed by atoms with E-state index < -0.39 is 36.7 Å². The van der Waals surface area contributed by atoms with Crippen LogP contribution in [0, 0.1) is 0 Å². The van der Waals surface area contributed by atoms with Gasteiger partial charge in [0, 0.05) is 19.0 Å². The zero-order valence-corrected chi connectivity index (χ0v) is 14.0. The molecule has 0 aliphatic rings. The van der Waals surface area contributed by atoms with E-state index in [4.69, 9.17) is 0 Å². The number of thiophene rings is 1. The fraction of sp³-hybridized carbons (Fsp3) is 0.357. The van der Waals surface area contributed by atoms with Crippen LogP contribution in [0.25, 0.3) is 0 Å². The standard InChI is InChI=1S/C14H18N4O5S/c1-18(2)14(23)12(10-4-3-5-24-10)17-11(21)7-16-13(22)9(20)6-15-8-19/h3-5,8,12H,6-7H2,1-2H3,(H,15,19)(H,16,22)(H,17,21)/t12-/m0/s1. The molecule has 0 saturated carbocycles. The van der Waals surface area contributed by atoms with Gasteiger partial charge in [-0.2, -0.15) is 0 Å². The van der Waals surface area contributed by atoms with Gasteiger partial charge in [0.2, 0.25) is 24.0 Å². The van der Waals surface area contributed by atoms with E-state index in [1.165, 1.54) is 16.2 Å². The van der Waals surface area contributed by atoms with Crippen LogP contribution in [0.5, 0.6) is 0 Å². The molecule has 10 heteroatoms. The van der Waals surface area contributed by atoms with Crippen molar-refractivity contribution in [1.29, 1.82) is 0 Å². The molecular weight excluding hydrogens is 336 g/mol. The van der Waals surface area contributed by atoms with Gasteiger partial charge < -0.3 is 20.9 Å². The molecule has 1 atom stereocenters. The lowest BCUT2D eigenvalue weighted by molar-refractivity contribution is -0.138. The topological polar surface area (TPSA) is 125 Å². The molecular formula is C14H18N4O5S. The third-order valence-electron chi connectivity index (χ3n) is 2.83. The van der Waals surface area contributed by atoms with Gasteiger partial charge >= 0.3 is 0 Å². The van der Waals surface area contributed by atoms with Crippen LogP contribution in [-0.4, -0.2) is 62.0 Å². The molecule has 0 aliphatic carbocycles. The van der Waals surface area contributed by atoms with Crippen LogP contribution in [0.3, 0.4) is 0 Å². The quantitative estimate of drug-likeness (QED) is 0.365. The van der Waals surface area contributed by atoms with E-state index in [0.29, 0.717) is 4.88 Å². The minimum Gasteiger partial charge on any atom is -0.351 e. The van der Waals surface area contributed by atoms with E-state index in [2.05, 4.69) is 16.0 Å².